The van der Waals surface area contributed by atoms with Crippen molar-refractivity contribution in [2.24, 2.45) is 23.5 Å². The lowest BCUT2D eigenvalue weighted by Gasteiger charge is -2.40. The lowest BCUT2D eigenvalue weighted by Crippen LogP contribution is -2.50. The molecule has 0 bridgehead atoms. The fraction of sp³-hybridized carbons (Fsp3) is 1.00. The maximum absolute atomic E-state index is 13.1. The summed E-state index contributed by atoms with van der Waals surface area (Å²) < 4.78 is 44.9. The summed E-state index contributed by atoms with van der Waals surface area (Å²) in [7, 11) is 0. The number of halogens is 3. The van der Waals surface area contributed by atoms with Crippen LogP contribution in [0.2, 0.25) is 0 Å². The molecule has 0 aromatic heterocycles. The van der Waals surface area contributed by atoms with Crippen LogP contribution in [-0.2, 0) is 4.74 Å². The summed E-state index contributed by atoms with van der Waals surface area (Å²) in [5, 5.41) is 0. The number of ether oxygens (including phenoxy) is 1. The minimum absolute atomic E-state index is 0.195. The highest BCUT2D eigenvalue weighted by atomic mass is 19.4. The van der Waals surface area contributed by atoms with Crippen LogP contribution in [0.3, 0.4) is 0 Å². The van der Waals surface area contributed by atoms with Crippen molar-refractivity contribution >= 4 is 0 Å². The second kappa shape index (κ2) is 7.12. The molecule has 1 fully saturated rings. The highest BCUT2D eigenvalue weighted by Crippen LogP contribution is 2.38. The average molecular weight is 295 g/mol. The van der Waals surface area contributed by atoms with E-state index in [1.807, 2.05) is 0 Å². The molecule has 0 aliphatic heterocycles. The van der Waals surface area contributed by atoms with Gasteiger partial charge in [-0.3, -0.25) is 0 Å². The molecule has 0 saturated heterocycles. The van der Waals surface area contributed by atoms with Crippen LogP contribution in [-0.4, -0.2) is 24.4 Å². The quantitative estimate of drug-likeness (QED) is 0.827. The van der Waals surface area contributed by atoms with Gasteiger partial charge < -0.3 is 10.5 Å². The Kier molecular flexibility index (Phi) is 6.32. The lowest BCUT2D eigenvalue weighted by molar-refractivity contribution is -0.250. The number of hydrogen-bond acceptors (Lipinski definition) is 2. The molecule has 1 rings (SSSR count). The summed E-state index contributed by atoms with van der Waals surface area (Å²) >= 11 is 0. The van der Waals surface area contributed by atoms with Gasteiger partial charge in [-0.25, -0.2) is 0 Å². The van der Waals surface area contributed by atoms with E-state index in [4.69, 9.17) is 10.5 Å². The maximum atomic E-state index is 13.1. The van der Waals surface area contributed by atoms with Crippen molar-refractivity contribution in [1.29, 1.82) is 0 Å². The van der Waals surface area contributed by atoms with Gasteiger partial charge in [0.25, 0.3) is 0 Å². The topological polar surface area (TPSA) is 35.2 Å². The zero-order chi connectivity index (χ0) is 15.5. The molecule has 1 aliphatic rings. The van der Waals surface area contributed by atoms with E-state index in [9.17, 15) is 13.2 Å². The molecule has 2 N–H and O–H groups in total. The van der Waals surface area contributed by atoms with Crippen molar-refractivity contribution in [1.82, 2.24) is 0 Å². The Balaban J connectivity index is 2.83. The lowest BCUT2D eigenvalue weighted by atomic mass is 9.75. The molecule has 20 heavy (non-hydrogen) atoms. The third kappa shape index (κ3) is 4.62. The van der Waals surface area contributed by atoms with Gasteiger partial charge in [0, 0.05) is 6.04 Å². The Morgan fingerprint density at radius 3 is 2.30 bits per heavy atom. The maximum Gasteiger partial charge on any atom is 0.416 e. The Hall–Kier alpha value is -0.290. The van der Waals surface area contributed by atoms with Gasteiger partial charge in [0.15, 0.2) is 6.10 Å². The van der Waals surface area contributed by atoms with Gasteiger partial charge in [-0.1, -0.05) is 34.1 Å². The minimum atomic E-state index is -4.39. The van der Waals surface area contributed by atoms with Crippen molar-refractivity contribution in [2.75, 3.05) is 0 Å². The normalized spacial score (nSPS) is 31.4. The molecule has 1 saturated carbocycles. The first-order valence-corrected chi connectivity index (χ1v) is 7.64. The van der Waals surface area contributed by atoms with Crippen LogP contribution in [0, 0.1) is 17.8 Å². The highest BCUT2D eigenvalue weighted by molar-refractivity contribution is 4.86. The fourth-order valence-corrected chi connectivity index (χ4v) is 3.09. The molecule has 2 nitrogen and oxygen atoms in total. The molecule has 120 valence electrons. The molecule has 0 heterocycles. The SMILES string of the molecule is CCC(N)C(OC1CC(C)CCC1C(C)C)C(F)(F)F. The number of nitrogens with two attached hydrogens (primary N) is 1. The minimum Gasteiger partial charge on any atom is -0.364 e. The zero-order valence-electron chi connectivity index (χ0n) is 12.9. The van der Waals surface area contributed by atoms with Crippen molar-refractivity contribution in [3.8, 4) is 0 Å². The molecule has 1 aliphatic carbocycles. The monoisotopic (exact) mass is 295 g/mol. The molecule has 0 aromatic carbocycles. The molecule has 5 unspecified atom stereocenters. The van der Waals surface area contributed by atoms with Crippen LogP contribution in [0.15, 0.2) is 0 Å². The van der Waals surface area contributed by atoms with Crippen molar-refractivity contribution < 1.29 is 17.9 Å². The van der Waals surface area contributed by atoms with Gasteiger partial charge in [0.05, 0.1) is 6.10 Å². The molecule has 5 atom stereocenters. The van der Waals surface area contributed by atoms with Crippen LogP contribution in [0.25, 0.3) is 0 Å². The number of rotatable bonds is 5. The largest absolute Gasteiger partial charge is 0.416 e. The van der Waals surface area contributed by atoms with Crippen LogP contribution >= 0.6 is 0 Å². The zero-order valence-corrected chi connectivity index (χ0v) is 12.9. The van der Waals surface area contributed by atoms with Gasteiger partial charge in [-0.2, -0.15) is 13.2 Å². The molecular formula is C15H28F3NO. The van der Waals surface area contributed by atoms with Crippen molar-refractivity contribution in [3.05, 3.63) is 0 Å². The van der Waals surface area contributed by atoms with Gasteiger partial charge >= 0.3 is 6.18 Å². The summed E-state index contributed by atoms with van der Waals surface area (Å²) in [6, 6.07) is -0.986. The first-order valence-electron chi connectivity index (χ1n) is 7.64. The van der Waals surface area contributed by atoms with Crippen LogP contribution in [0.1, 0.15) is 53.4 Å². The number of alkyl halides is 3. The first kappa shape index (κ1) is 17.8. The van der Waals surface area contributed by atoms with Crippen LogP contribution < -0.4 is 5.73 Å². The van der Waals surface area contributed by atoms with Crippen molar-refractivity contribution in [3.63, 3.8) is 0 Å². The molecule has 0 spiro atoms. The summed E-state index contributed by atoms with van der Waals surface area (Å²) in [5.41, 5.74) is 5.63. The molecule has 0 radical (unpaired) electrons. The molecule has 5 heteroatoms. The van der Waals surface area contributed by atoms with E-state index in [0.29, 0.717) is 18.3 Å². The summed E-state index contributed by atoms with van der Waals surface area (Å²) in [5.74, 6) is 0.945. The Morgan fingerprint density at radius 2 is 1.85 bits per heavy atom. The second-order valence-electron chi connectivity index (χ2n) is 6.53. The Morgan fingerprint density at radius 1 is 1.25 bits per heavy atom. The van der Waals surface area contributed by atoms with Gasteiger partial charge in [0.2, 0.25) is 0 Å². The average Bonchev–Trinajstić information content (AvgIpc) is 2.33. The standard InChI is InChI=1S/C15H28F3NO/c1-5-12(19)14(15(16,17)18)20-13-8-10(4)6-7-11(13)9(2)3/h9-14H,5-8,19H2,1-4H3. The molecule has 0 amide bonds. The summed E-state index contributed by atoms with van der Waals surface area (Å²) in [6.45, 7) is 7.85. The summed E-state index contributed by atoms with van der Waals surface area (Å²) in [6.07, 6.45) is -3.59. The fourth-order valence-electron chi connectivity index (χ4n) is 3.09. The van der Waals surface area contributed by atoms with Crippen LogP contribution in [0.4, 0.5) is 13.2 Å². The third-order valence-corrected chi connectivity index (χ3v) is 4.47. The molecule has 0 aromatic rings. The Labute approximate surface area is 120 Å². The number of hydrogen-bond donors (Lipinski definition) is 1. The third-order valence-electron chi connectivity index (χ3n) is 4.47. The summed E-state index contributed by atoms with van der Waals surface area (Å²) in [4.78, 5) is 0. The van der Waals surface area contributed by atoms with Crippen molar-refractivity contribution in [2.45, 2.75) is 77.8 Å². The second-order valence-corrected chi connectivity index (χ2v) is 6.53. The van der Waals surface area contributed by atoms with Gasteiger partial charge in [-0.05, 0) is 37.0 Å². The molecular weight excluding hydrogens is 267 g/mol. The van der Waals surface area contributed by atoms with Gasteiger partial charge in [0.1, 0.15) is 0 Å². The van der Waals surface area contributed by atoms with E-state index in [1.165, 1.54) is 0 Å². The smallest absolute Gasteiger partial charge is 0.364 e. The van der Waals surface area contributed by atoms with Crippen LogP contribution in [0.5, 0.6) is 0 Å². The van der Waals surface area contributed by atoms with E-state index in [-0.39, 0.29) is 18.4 Å². The van der Waals surface area contributed by atoms with E-state index in [0.717, 1.165) is 12.8 Å². The predicted molar refractivity (Wildman–Crippen MR) is 74.3 cm³/mol. The van der Waals surface area contributed by atoms with E-state index in [1.54, 1.807) is 6.92 Å². The van der Waals surface area contributed by atoms with E-state index in [2.05, 4.69) is 20.8 Å². The van der Waals surface area contributed by atoms with Gasteiger partial charge in [-0.15, -0.1) is 0 Å². The highest BCUT2D eigenvalue weighted by Gasteiger charge is 2.47. The predicted octanol–water partition coefficient (Wildman–Crippen LogP) is 4.13. The van der Waals surface area contributed by atoms with E-state index >= 15 is 0 Å². The Bertz CT molecular complexity index is 293. The first-order chi connectivity index (χ1) is 9.16. The van der Waals surface area contributed by atoms with E-state index < -0.39 is 18.3 Å².